The molecule has 138 valence electrons. The Labute approximate surface area is 152 Å². The predicted octanol–water partition coefficient (Wildman–Crippen LogP) is 4.77. The molecule has 3 rings (SSSR count). The van der Waals surface area contributed by atoms with Crippen LogP contribution in [0.25, 0.3) is 0 Å². The van der Waals surface area contributed by atoms with Crippen LogP contribution in [0.2, 0.25) is 5.02 Å². The summed E-state index contributed by atoms with van der Waals surface area (Å²) in [6, 6.07) is 7.83. The van der Waals surface area contributed by atoms with E-state index in [2.05, 4.69) is 5.32 Å². The van der Waals surface area contributed by atoms with Crippen LogP contribution in [0.3, 0.4) is 0 Å². The van der Waals surface area contributed by atoms with Crippen LogP contribution in [-0.4, -0.2) is 18.1 Å². The molecule has 1 aliphatic heterocycles. The summed E-state index contributed by atoms with van der Waals surface area (Å²) in [6.45, 7) is 3.51. The van der Waals surface area contributed by atoms with Crippen molar-refractivity contribution in [3.05, 3.63) is 52.5 Å². The number of amides is 2. The number of ether oxygens (including phenoxy) is 2. The van der Waals surface area contributed by atoms with E-state index in [0.29, 0.717) is 11.3 Å². The SMILES string of the molecule is Cc1ccc(C)c(NC(=O)N[C@]2(C(F)(F)F)Oc3ccc(Cl)cc3O2)c1. The molecular formula is C17H14ClF3N2O3. The minimum atomic E-state index is -5.04. The fraction of sp³-hybridized carbons (Fsp3) is 0.235. The molecule has 26 heavy (non-hydrogen) atoms. The minimum absolute atomic E-state index is 0.171. The van der Waals surface area contributed by atoms with E-state index < -0.39 is 18.1 Å². The number of carbonyl (C=O) groups excluding carboxylic acids is 1. The molecule has 0 radical (unpaired) electrons. The number of hydrogen-bond acceptors (Lipinski definition) is 3. The summed E-state index contributed by atoms with van der Waals surface area (Å²) in [6.07, 6.45) is -5.04. The minimum Gasteiger partial charge on any atom is -0.424 e. The van der Waals surface area contributed by atoms with Crippen LogP contribution in [0.1, 0.15) is 11.1 Å². The summed E-state index contributed by atoms with van der Waals surface area (Å²) >= 11 is 5.76. The molecule has 0 aliphatic carbocycles. The maximum Gasteiger partial charge on any atom is 0.492 e. The van der Waals surface area contributed by atoms with Crippen LogP contribution < -0.4 is 20.1 Å². The van der Waals surface area contributed by atoms with E-state index in [1.807, 2.05) is 6.07 Å². The first kappa shape index (κ1) is 18.2. The third kappa shape index (κ3) is 3.37. The maximum absolute atomic E-state index is 13.6. The fourth-order valence-electron chi connectivity index (χ4n) is 2.39. The third-order valence-corrected chi connectivity index (χ3v) is 3.94. The highest BCUT2D eigenvalue weighted by Crippen LogP contribution is 2.46. The van der Waals surface area contributed by atoms with E-state index in [1.54, 1.807) is 31.3 Å². The van der Waals surface area contributed by atoms with Crippen LogP contribution in [0.5, 0.6) is 11.5 Å². The topological polar surface area (TPSA) is 59.6 Å². The van der Waals surface area contributed by atoms with Crippen LogP contribution in [-0.2, 0) is 0 Å². The molecule has 0 unspecified atom stereocenters. The average Bonchev–Trinajstić information content (AvgIpc) is 2.89. The molecule has 1 atom stereocenters. The van der Waals surface area contributed by atoms with Gasteiger partial charge in [0.05, 0.1) is 0 Å². The Bertz CT molecular complexity index is 873. The first-order chi connectivity index (χ1) is 12.1. The Morgan fingerprint density at radius 1 is 1.08 bits per heavy atom. The number of alkyl halides is 3. The molecule has 9 heteroatoms. The van der Waals surface area contributed by atoms with Gasteiger partial charge in [-0.3, -0.25) is 5.32 Å². The quantitative estimate of drug-likeness (QED) is 0.782. The summed E-state index contributed by atoms with van der Waals surface area (Å²) in [4.78, 5) is 12.2. The van der Waals surface area contributed by atoms with Crippen molar-refractivity contribution in [1.82, 2.24) is 5.32 Å². The van der Waals surface area contributed by atoms with Crippen LogP contribution in [0, 0.1) is 13.8 Å². The Morgan fingerprint density at radius 2 is 1.77 bits per heavy atom. The Kier molecular flexibility index (Phi) is 4.39. The fourth-order valence-corrected chi connectivity index (χ4v) is 2.55. The highest BCUT2D eigenvalue weighted by molar-refractivity contribution is 6.30. The highest BCUT2D eigenvalue weighted by atomic mass is 35.5. The van der Waals surface area contributed by atoms with Gasteiger partial charge in [0.15, 0.2) is 11.5 Å². The van der Waals surface area contributed by atoms with Crippen molar-refractivity contribution in [2.45, 2.75) is 25.9 Å². The van der Waals surface area contributed by atoms with Crippen LogP contribution in [0.4, 0.5) is 23.7 Å². The molecule has 2 aromatic carbocycles. The molecule has 2 N–H and O–H groups in total. The number of urea groups is 1. The molecule has 5 nitrogen and oxygen atoms in total. The van der Waals surface area contributed by atoms with E-state index in [-0.39, 0.29) is 16.5 Å². The number of rotatable bonds is 2. The molecule has 0 aromatic heterocycles. The van der Waals surface area contributed by atoms with E-state index in [0.717, 1.165) is 5.56 Å². The normalized spacial score (nSPS) is 18.5. The van der Waals surface area contributed by atoms with Crippen molar-refractivity contribution in [2.24, 2.45) is 0 Å². The lowest BCUT2D eigenvalue weighted by Crippen LogP contribution is -2.65. The monoisotopic (exact) mass is 386 g/mol. The molecule has 0 bridgehead atoms. The van der Waals surface area contributed by atoms with Gasteiger partial charge in [-0.2, -0.15) is 13.2 Å². The van der Waals surface area contributed by atoms with Gasteiger partial charge in [-0.15, -0.1) is 0 Å². The molecular weight excluding hydrogens is 373 g/mol. The van der Waals surface area contributed by atoms with Gasteiger partial charge >= 0.3 is 18.1 Å². The molecule has 2 amide bonds. The van der Waals surface area contributed by atoms with Gasteiger partial charge in [0.25, 0.3) is 0 Å². The third-order valence-electron chi connectivity index (χ3n) is 3.71. The molecule has 0 saturated heterocycles. The maximum atomic E-state index is 13.6. The van der Waals surface area contributed by atoms with Crippen molar-refractivity contribution < 1.29 is 27.4 Å². The second kappa shape index (κ2) is 6.28. The van der Waals surface area contributed by atoms with Gasteiger partial charge in [0.1, 0.15) is 0 Å². The highest BCUT2D eigenvalue weighted by Gasteiger charge is 2.65. The van der Waals surface area contributed by atoms with E-state index in [9.17, 15) is 18.0 Å². The zero-order valence-electron chi connectivity index (χ0n) is 13.7. The van der Waals surface area contributed by atoms with E-state index in [4.69, 9.17) is 21.1 Å². The number of hydrogen-bond donors (Lipinski definition) is 2. The number of nitrogens with one attached hydrogen (secondary N) is 2. The van der Waals surface area contributed by atoms with E-state index in [1.165, 1.54) is 18.2 Å². The lowest BCUT2D eigenvalue weighted by molar-refractivity contribution is -0.317. The Balaban J connectivity index is 1.85. The first-order valence-corrected chi connectivity index (χ1v) is 7.88. The van der Waals surface area contributed by atoms with Gasteiger partial charge in [-0.25, -0.2) is 4.79 Å². The number of halogens is 4. The molecule has 0 spiro atoms. The lowest BCUT2D eigenvalue weighted by atomic mass is 10.1. The number of anilines is 1. The van der Waals surface area contributed by atoms with Gasteiger partial charge in [-0.05, 0) is 43.2 Å². The zero-order chi connectivity index (χ0) is 19.1. The zero-order valence-corrected chi connectivity index (χ0v) is 14.5. The first-order valence-electron chi connectivity index (χ1n) is 7.50. The second-order valence-corrected chi connectivity index (χ2v) is 6.24. The smallest absolute Gasteiger partial charge is 0.424 e. The number of benzene rings is 2. The summed E-state index contributed by atoms with van der Waals surface area (Å²) in [5, 5.41) is 4.28. The molecule has 0 fully saturated rings. The Hall–Kier alpha value is -2.61. The van der Waals surface area contributed by atoms with Gasteiger partial charge < -0.3 is 14.8 Å². The van der Waals surface area contributed by atoms with Crippen molar-refractivity contribution >= 4 is 23.3 Å². The van der Waals surface area contributed by atoms with Crippen molar-refractivity contribution in [3.63, 3.8) is 0 Å². The van der Waals surface area contributed by atoms with Gasteiger partial charge in [0.2, 0.25) is 0 Å². The standard InChI is InChI=1S/C17H14ClF3N2O3/c1-9-3-4-10(2)12(7-9)22-15(24)23-17(16(19,20)21)25-13-6-5-11(18)8-14(13)26-17/h3-8H,1-2H3,(H2,22,23,24)/t17-/m1/s1. The van der Waals surface area contributed by atoms with Crippen molar-refractivity contribution in [1.29, 1.82) is 0 Å². The van der Waals surface area contributed by atoms with Crippen LogP contribution >= 0.6 is 11.6 Å². The molecule has 2 aromatic rings. The van der Waals surface area contributed by atoms with Crippen molar-refractivity contribution in [3.8, 4) is 11.5 Å². The summed E-state index contributed by atoms with van der Waals surface area (Å²) in [5.74, 6) is -3.75. The number of fused-ring (bicyclic) bond motifs is 1. The summed E-state index contributed by atoms with van der Waals surface area (Å²) < 4.78 is 50.6. The Morgan fingerprint density at radius 3 is 2.46 bits per heavy atom. The summed E-state index contributed by atoms with van der Waals surface area (Å²) in [7, 11) is 0. The molecule has 0 saturated carbocycles. The van der Waals surface area contributed by atoms with Crippen LogP contribution in [0.15, 0.2) is 36.4 Å². The lowest BCUT2D eigenvalue weighted by Gasteiger charge is -2.29. The predicted molar refractivity (Wildman–Crippen MR) is 89.6 cm³/mol. The van der Waals surface area contributed by atoms with Gasteiger partial charge in [0, 0.05) is 16.8 Å². The van der Waals surface area contributed by atoms with Gasteiger partial charge in [-0.1, -0.05) is 23.7 Å². The largest absolute Gasteiger partial charge is 0.492 e. The number of aryl methyl sites for hydroxylation is 2. The average molecular weight is 387 g/mol. The molecule has 1 heterocycles. The summed E-state index contributed by atoms with van der Waals surface area (Å²) in [5.41, 5.74) is 1.90. The second-order valence-electron chi connectivity index (χ2n) is 5.81. The van der Waals surface area contributed by atoms with Crippen molar-refractivity contribution in [2.75, 3.05) is 5.32 Å². The number of carbonyl (C=O) groups is 1. The van der Waals surface area contributed by atoms with E-state index >= 15 is 0 Å². The molecule has 1 aliphatic rings.